The summed E-state index contributed by atoms with van der Waals surface area (Å²) in [5.74, 6) is 1.31. The van der Waals surface area contributed by atoms with Crippen LogP contribution in [0.2, 0.25) is 0 Å². The normalized spacial score (nSPS) is 14.8. The van der Waals surface area contributed by atoms with Gasteiger partial charge >= 0.3 is 6.09 Å². The van der Waals surface area contributed by atoms with Crippen LogP contribution in [0.25, 0.3) is 10.8 Å². The van der Waals surface area contributed by atoms with Gasteiger partial charge in [-0.2, -0.15) is 0 Å². The number of hydrogen-bond donors (Lipinski definition) is 1. The number of likely N-dealkylation sites (tertiary alicyclic amines) is 1. The molecular formula is C26H30N2O5. The first-order chi connectivity index (χ1) is 15.8. The summed E-state index contributed by atoms with van der Waals surface area (Å²) >= 11 is 0. The Morgan fingerprint density at radius 3 is 2.48 bits per heavy atom. The summed E-state index contributed by atoms with van der Waals surface area (Å²) in [5, 5.41) is 5.25. The Kier molecular flexibility index (Phi) is 6.58. The number of ether oxygens (including phenoxy) is 2. The van der Waals surface area contributed by atoms with Crippen molar-refractivity contribution < 1.29 is 23.5 Å². The zero-order valence-electron chi connectivity index (χ0n) is 19.3. The SMILES string of the molecule is CC(C)(C)OC(=O)N1CCC(NC(=O)c2ccc(COc3ccc4ccccc4c3)o2)CC1. The minimum Gasteiger partial charge on any atom is -0.486 e. The molecule has 2 amide bonds. The molecule has 33 heavy (non-hydrogen) atoms. The van der Waals surface area contributed by atoms with Gasteiger partial charge in [-0.1, -0.05) is 30.3 Å². The van der Waals surface area contributed by atoms with Crippen molar-refractivity contribution in [2.24, 2.45) is 0 Å². The predicted molar refractivity (Wildman–Crippen MR) is 125 cm³/mol. The smallest absolute Gasteiger partial charge is 0.410 e. The van der Waals surface area contributed by atoms with Crippen molar-refractivity contribution in [3.63, 3.8) is 0 Å². The van der Waals surface area contributed by atoms with Gasteiger partial charge in [0, 0.05) is 19.1 Å². The van der Waals surface area contributed by atoms with Crippen molar-refractivity contribution in [3.05, 3.63) is 66.1 Å². The van der Waals surface area contributed by atoms with E-state index in [1.54, 1.807) is 17.0 Å². The van der Waals surface area contributed by atoms with Crippen LogP contribution >= 0.6 is 0 Å². The zero-order chi connectivity index (χ0) is 23.4. The molecule has 0 radical (unpaired) electrons. The minimum atomic E-state index is -0.517. The maximum Gasteiger partial charge on any atom is 0.410 e. The highest BCUT2D eigenvalue weighted by molar-refractivity contribution is 5.91. The summed E-state index contributed by atoms with van der Waals surface area (Å²) in [6.07, 6.45) is 1.03. The van der Waals surface area contributed by atoms with E-state index in [1.165, 1.54) is 0 Å². The van der Waals surface area contributed by atoms with Gasteiger partial charge in [0.15, 0.2) is 5.76 Å². The fourth-order valence-electron chi connectivity index (χ4n) is 3.78. The molecule has 1 aliphatic heterocycles. The fourth-order valence-corrected chi connectivity index (χ4v) is 3.78. The second-order valence-electron chi connectivity index (χ2n) is 9.28. The number of fused-ring (bicyclic) bond motifs is 1. The molecule has 1 fully saturated rings. The molecule has 7 heteroatoms. The number of nitrogens with one attached hydrogen (secondary N) is 1. The Bertz CT molecular complexity index is 1120. The molecule has 1 aromatic heterocycles. The topological polar surface area (TPSA) is 81.0 Å². The molecule has 1 aliphatic rings. The summed E-state index contributed by atoms with van der Waals surface area (Å²) in [5.41, 5.74) is -0.517. The third-order valence-electron chi connectivity index (χ3n) is 5.47. The molecule has 0 atom stereocenters. The standard InChI is InChI=1S/C26H30N2O5/c1-26(2,3)33-25(30)28-14-12-20(13-15-28)27-24(29)23-11-10-22(32-23)17-31-21-9-8-18-6-4-5-7-19(18)16-21/h4-11,16,20H,12-15,17H2,1-3H3,(H,27,29). The van der Waals surface area contributed by atoms with Crippen molar-refractivity contribution in [1.29, 1.82) is 0 Å². The molecule has 3 aromatic rings. The van der Waals surface area contributed by atoms with E-state index < -0.39 is 5.60 Å². The predicted octanol–water partition coefficient (Wildman–Crippen LogP) is 5.14. The second kappa shape index (κ2) is 9.57. The molecule has 0 aliphatic carbocycles. The quantitative estimate of drug-likeness (QED) is 0.582. The van der Waals surface area contributed by atoms with Crippen LogP contribution in [-0.2, 0) is 11.3 Å². The van der Waals surface area contributed by atoms with Gasteiger partial charge < -0.3 is 24.1 Å². The highest BCUT2D eigenvalue weighted by Crippen LogP contribution is 2.22. The van der Waals surface area contributed by atoms with Crippen LogP contribution in [-0.4, -0.2) is 41.6 Å². The lowest BCUT2D eigenvalue weighted by molar-refractivity contribution is 0.0199. The average Bonchev–Trinajstić information content (AvgIpc) is 3.26. The van der Waals surface area contributed by atoms with Gasteiger partial charge in [0.1, 0.15) is 23.7 Å². The van der Waals surface area contributed by atoms with Crippen LogP contribution in [0.15, 0.2) is 59.0 Å². The molecular weight excluding hydrogens is 420 g/mol. The van der Waals surface area contributed by atoms with Gasteiger partial charge in [-0.3, -0.25) is 4.79 Å². The Morgan fingerprint density at radius 2 is 1.76 bits per heavy atom. The summed E-state index contributed by atoms with van der Waals surface area (Å²) < 4.78 is 16.9. The average molecular weight is 451 g/mol. The van der Waals surface area contributed by atoms with Crippen LogP contribution in [0.4, 0.5) is 4.79 Å². The molecule has 174 valence electrons. The van der Waals surface area contributed by atoms with Gasteiger partial charge in [-0.25, -0.2) is 4.79 Å². The van der Waals surface area contributed by atoms with Crippen LogP contribution < -0.4 is 10.1 Å². The number of nitrogens with zero attached hydrogens (tertiary/aromatic N) is 1. The van der Waals surface area contributed by atoms with E-state index in [0.29, 0.717) is 31.7 Å². The van der Waals surface area contributed by atoms with E-state index in [2.05, 4.69) is 11.4 Å². The molecule has 2 heterocycles. The zero-order valence-corrected chi connectivity index (χ0v) is 19.3. The summed E-state index contributed by atoms with van der Waals surface area (Å²) in [4.78, 5) is 26.5. The van der Waals surface area contributed by atoms with Gasteiger partial charge in [0.05, 0.1) is 0 Å². The largest absolute Gasteiger partial charge is 0.486 e. The molecule has 1 saturated heterocycles. The van der Waals surface area contributed by atoms with Crippen molar-refractivity contribution in [2.45, 2.75) is 51.9 Å². The lowest BCUT2D eigenvalue weighted by Gasteiger charge is -2.33. The Balaban J connectivity index is 1.25. The number of benzene rings is 2. The lowest BCUT2D eigenvalue weighted by atomic mass is 10.1. The Morgan fingerprint density at radius 1 is 1.03 bits per heavy atom. The Hall–Kier alpha value is -3.48. The molecule has 0 bridgehead atoms. The number of amides is 2. The molecule has 2 aromatic carbocycles. The van der Waals surface area contributed by atoms with Crippen LogP contribution in [0, 0.1) is 0 Å². The second-order valence-corrected chi connectivity index (χ2v) is 9.28. The fraction of sp³-hybridized carbons (Fsp3) is 0.385. The van der Waals surface area contributed by atoms with Crippen LogP contribution in [0.1, 0.15) is 49.9 Å². The number of rotatable bonds is 5. The summed E-state index contributed by atoms with van der Waals surface area (Å²) in [6.45, 7) is 6.87. The van der Waals surface area contributed by atoms with E-state index in [9.17, 15) is 9.59 Å². The number of carbonyl (C=O) groups excluding carboxylic acids is 2. The maximum atomic E-state index is 12.6. The first-order valence-corrected chi connectivity index (χ1v) is 11.3. The van der Waals surface area contributed by atoms with E-state index in [1.807, 2.05) is 57.2 Å². The van der Waals surface area contributed by atoms with Gasteiger partial charge in [0.2, 0.25) is 0 Å². The van der Waals surface area contributed by atoms with Crippen molar-refractivity contribution in [3.8, 4) is 5.75 Å². The Labute approximate surface area is 193 Å². The van der Waals surface area contributed by atoms with Gasteiger partial charge in [0.25, 0.3) is 5.91 Å². The van der Waals surface area contributed by atoms with E-state index in [4.69, 9.17) is 13.9 Å². The molecule has 7 nitrogen and oxygen atoms in total. The van der Waals surface area contributed by atoms with E-state index in [-0.39, 0.29) is 30.4 Å². The molecule has 0 unspecified atom stereocenters. The summed E-state index contributed by atoms with van der Waals surface area (Å²) in [7, 11) is 0. The number of piperidine rings is 1. The maximum absolute atomic E-state index is 12.6. The first kappa shape index (κ1) is 22.7. The van der Waals surface area contributed by atoms with E-state index in [0.717, 1.165) is 16.5 Å². The van der Waals surface area contributed by atoms with Crippen LogP contribution in [0.5, 0.6) is 5.75 Å². The minimum absolute atomic E-state index is 0.0152. The highest BCUT2D eigenvalue weighted by atomic mass is 16.6. The van der Waals surface area contributed by atoms with Gasteiger partial charge in [-0.05, 0) is 68.7 Å². The third-order valence-corrected chi connectivity index (χ3v) is 5.47. The number of hydrogen-bond acceptors (Lipinski definition) is 5. The third kappa shape index (κ3) is 6.06. The van der Waals surface area contributed by atoms with Gasteiger partial charge in [-0.15, -0.1) is 0 Å². The number of furan rings is 1. The molecule has 4 rings (SSSR count). The number of carbonyl (C=O) groups is 2. The van der Waals surface area contributed by atoms with Crippen molar-refractivity contribution >= 4 is 22.8 Å². The summed E-state index contributed by atoms with van der Waals surface area (Å²) in [6, 6.07) is 17.4. The van der Waals surface area contributed by atoms with Crippen LogP contribution in [0.3, 0.4) is 0 Å². The molecule has 1 N–H and O–H groups in total. The molecule has 0 spiro atoms. The lowest BCUT2D eigenvalue weighted by Crippen LogP contribution is -2.47. The van der Waals surface area contributed by atoms with E-state index >= 15 is 0 Å². The molecule has 0 saturated carbocycles. The first-order valence-electron chi connectivity index (χ1n) is 11.3. The highest BCUT2D eigenvalue weighted by Gasteiger charge is 2.28. The monoisotopic (exact) mass is 450 g/mol. The van der Waals surface area contributed by atoms with Crippen molar-refractivity contribution in [1.82, 2.24) is 10.2 Å². The van der Waals surface area contributed by atoms with Crippen molar-refractivity contribution in [2.75, 3.05) is 13.1 Å².